The molecule has 0 bridgehead atoms. The van der Waals surface area contributed by atoms with E-state index in [0.717, 1.165) is 43.4 Å². The molecule has 288 valence electrons. The average Bonchev–Trinajstić information content (AvgIpc) is 3.20. The molecule has 0 radical (unpaired) electrons. The highest BCUT2D eigenvalue weighted by Gasteiger charge is 2.32. The lowest BCUT2D eigenvalue weighted by Crippen LogP contribution is -2.50. The first-order valence-electron chi connectivity index (χ1n) is 19.4. The van der Waals surface area contributed by atoms with E-state index >= 15 is 0 Å². The van der Waals surface area contributed by atoms with E-state index in [9.17, 15) is 14.4 Å². The van der Waals surface area contributed by atoms with Crippen LogP contribution in [0.5, 0.6) is 5.75 Å². The van der Waals surface area contributed by atoms with Crippen molar-refractivity contribution in [1.29, 1.82) is 0 Å². The Morgan fingerprint density at radius 1 is 0.945 bits per heavy atom. The highest BCUT2D eigenvalue weighted by molar-refractivity contribution is 6.33. The zero-order valence-electron chi connectivity index (χ0n) is 31.5. The van der Waals surface area contributed by atoms with Crippen molar-refractivity contribution in [3.63, 3.8) is 0 Å². The number of rotatable bonds is 17. The number of primary amides is 1. The number of amides is 3. The van der Waals surface area contributed by atoms with Crippen LogP contribution in [0.2, 0.25) is 5.02 Å². The van der Waals surface area contributed by atoms with Gasteiger partial charge in [-0.2, -0.15) is 0 Å². The Morgan fingerprint density at radius 3 is 2.49 bits per heavy atom. The number of nitrogens with zero attached hydrogens (tertiary/aromatic N) is 3. The van der Waals surface area contributed by atoms with Crippen LogP contribution in [0.4, 0.5) is 11.4 Å². The second kappa shape index (κ2) is 19.4. The van der Waals surface area contributed by atoms with E-state index in [1.807, 2.05) is 54.6 Å². The number of benzene rings is 4. The van der Waals surface area contributed by atoms with Gasteiger partial charge in [-0.05, 0) is 72.8 Å². The normalized spacial score (nSPS) is 15.3. The number of ether oxygens (including phenoxy) is 1. The zero-order chi connectivity index (χ0) is 38.6. The summed E-state index contributed by atoms with van der Waals surface area (Å²) in [6.45, 7) is 4.08. The summed E-state index contributed by atoms with van der Waals surface area (Å²) >= 11 is 6.64. The molecule has 0 saturated carbocycles. The Bertz CT molecular complexity index is 1970. The van der Waals surface area contributed by atoms with E-state index in [4.69, 9.17) is 27.1 Å². The molecule has 0 spiro atoms. The molecule has 11 heteroatoms. The number of nitrogens with one attached hydrogen (secondary N) is 2. The van der Waals surface area contributed by atoms with Crippen molar-refractivity contribution in [3.05, 3.63) is 124 Å². The number of nitrogens with two attached hydrogens (primary N) is 1. The Morgan fingerprint density at radius 2 is 1.69 bits per heavy atom. The molecule has 4 aromatic carbocycles. The van der Waals surface area contributed by atoms with E-state index in [2.05, 4.69) is 29.7 Å². The molecule has 6 rings (SSSR count). The molecule has 0 aromatic heterocycles. The molecule has 2 aliphatic heterocycles. The van der Waals surface area contributed by atoms with Crippen LogP contribution in [0.15, 0.2) is 102 Å². The minimum atomic E-state index is -0.450. The molecular weight excluding hydrogens is 712 g/mol. The first-order valence-corrected chi connectivity index (χ1v) is 19.8. The fourth-order valence-corrected chi connectivity index (χ4v) is 7.60. The maximum Gasteiger partial charge on any atom is 0.257 e. The molecule has 2 unspecified atom stereocenters. The van der Waals surface area contributed by atoms with Crippen LogP contribution >= 0.6 is 11.6 Å². The summed E-state index contributed by atoms with van der Waals surface area (Å²) in [4.78, 5) is 48.7. The summed E-state index contributed by atoms with van der Waals surface area (Å²) < 4.78 is 6.19. The number of aliphatic imine (C=N–C) groups is 1. The quantitative estimate of drug-likeness (QED) is 0.0946. The molecule has 3 amide bonds. The summed E-state index contributed by atoms with van der Waals surface area (Å²) in [5.41, 5.74) is 10.9. The van der Waals surface area contributed by atoms with Gasteiger partial charge in [-0.15, -0.1) is 0 Å². The number of carbonyl (C=O) groups excluding carboxylic acids is 3. The molecule has 2 aliphatic rings. The third-order valence-electron chi connectivity index (χ3n) is 10.3. The number of fused-ring (bicyclic) bond motifs is 2. The number of hydrogen-bond acceptors (Lipinski definition) is 7. The Hall–Kier alpha value is -5.19. The van der Waals surface area contributed by atoms with Gasteiger partial charge in [0.1, 0.15) is 12.3 Å². The topological polar surface area (TPSA) is 129 Å². The first-order chi connectivity index (χ1) is 26.8. The van der Waals surface area contributed by atoms with Gasteiger partial charge in [-0.25, -0.2) is 4.99 Å². The Kier molecular flexibility index (Phi) is 13.9. The number of guanidine groups is 1. The molecule has 0 fully saturated rings. The maximum absolute atomic E-state index is 14.2. The van der Waals surface area contributed by atoms with Crippen LogP contribution in [0.3, 0.4) is 0 Å². The summed E-state index contributed by atoms with van der Waals surface area (Å²) in [5.74, 6) is -0.467. The van der Waals surface area contributed by atoms with Gasteiger partial charge < -0.3 is 25.6 Å². The van der Waals surface area contributed by atoms with Gasteiger partial charge >= 0.3 is 0 Å². The summed E-state index contributed by atoms with van der Waals surface area (Å²) in [6, 6.07) is 29.9. The van der Waals surface area contributed by atoms with Gasteiger partial charge in [-0.3, -0.25) is 19.7 Å². The molecule has 2 atom stereocenters. The lowest BCUT2D eigenvalue weighted by atomic mass is 9.84. The van der Waals surface area contributed by atoms with Gasteiger partial charge in [0.15, 0.2) is 0 Å². The zero-order valence-corrected chi connectivity index (χ0v) is 32.3. The largest absolute Gasteiger partial charge is 0.493 e. The maximum atomic E-state index is 14.2. The van der Waals surface area contributed by atoms with Crippen molar-refractivity contribution in [2.24, 2.45) is 16.6 Å². The van der Waals surface area contributed by atoms with Crippen molar-refractivity contribution >= 4 is 46.7 Å². The number of carbonyl (C=O) groups is 3. The smallest absolute Gasteiger partial charge is 0.257 e. The fourth-order valence-electron chi connectivity index (χ4n) is 7.36. The molecule has 10 nitrogen and oxygen atoms in total. The monoisotopic (exact) mass is 762 g/mol. The predicted octanol–water partition coefficient (Wildman–Crippen LogP) is 7.72. The van der Waals surface area contributed by atoms with Gasteiger partial charge in [-0.1, -0.05) is 111 Å². The molecule has 0 aliphatic carbocycles. The second-order valence-corrected chi connectivity index (χ2v) is 14.6. The average molecular weight is 763 g/mol. The SMILES string of the molecule is CCCCCCCCN(C(=O)CN1Cc2ccc(OCCC(C(N)=O)C3NCCc4ccccc43)cc2N=C1NC(=O)c1ccccc1)c1ccccc1Cl. The van der Waals surface area contributed by atoms with Crippen LogP contribution in [-0.2, 0) is 22.6 Å². The highest BCUT2D eigenvalue weighted by atomic mass is 35.5. The molecular formula is C44H51ClN6O4. The number of unbranched alkanes of at least 4 members (excludes halogenated alkanes) is 5. The summed E-state index contributed by atoms with van der Waals surface area (Å²) in [6.07, 6.45) is 7.88. The van der Waals surface area contributed by atoms with E-state index < -0.39 is 5.92 Å². The van der Waals surface area contributed by atoms with Gasteiger partial charge in [0, 0.05) is 30.8 Å². The van der Waals surface area contributed by atoms with Crippen LogP contribution in [-0.4, -0.2) is 54.8 Å². The van der Waals surface area contributed by atoms with Crippen LogP contribution < -0.4 is 26.0 Å². The second-order valence-electron chi connectivity index (χ2n) is 14.2. The van der Waals surface area contributed by atoms with E-state index in [1.165, 1.54) is 24.8 Å². The third kappa shape index (κ3) is 10.3. The van der Waals surface area contributed by atoms with Gasteiger partial charge in [0.2, 0.25) is 17.8 Å². The lowest BCUT2D eigenvalue weighted by Gasteiger charge is -2.33. The predicted molar refractivity (Wildman–Crippen MR) is 219 cm³/mol. The van der Waals surface area contributed by atoms with E-state index in [1.54, 1.807) is 40.1 Å². The summed E-state index contributed by atoms with van der Waals surface area (Å²) in [7, 11) is 0. The highest BCUT2D eigenvalue weighted by Crippen LogP contribution is 2.33. The minimum Gasteiger partial charge on any atom is -0.493 e. The first kappa shape index (κ1) is 39.5. The molecule has 4 N–H and O–H groups in total. The Labute approximate surface area is 329 Å². The molecule has 55 heavy (non-hydrogen) atoms. The Balaban J connectivity index is 1.19. The van der Waals surface area contributed by atoms with Crippen molar-refractivity contribution in [2.45, 2.75) is 70.9 Å². The molecule has 4 aromatic rings. The van der Waals surface area contributed by atoms with Gasteiger partial charge in [0.05, 0.1) is 28.9 Å². The number of halogens is 1. The van der Waals surface area contributed by atoms with Crippen LogP contribution in [0, 0.1) is 5.92 Å². The summed E-state index contributed by atoms with van der Waals surface area (Å²) in [5, 5.41) is 6.96. The lowest BCUT2D eigenvalue weighted by molar-refractivity contribution is -0.123. The number of hydrogen-bond donors (Lipinski definition) is 3. The van der Waals surface area contributed by atoms with Gasteiger partial charge in [0.25, 0.3) is 5.91 Å². The third-order valence-corrected chi connectivity index (χ3v) is 10.6. The van der Waals surface area contributed by atoms with Crippen molar-refractivity contribution < 1.29 is 19.1 Å². The van der Waals surface area contributed by atoms with Crippen LogP contribution in [0.1, 0.15) is 85.0 Å². The minimum absolute atomic E-state index is 0.0283. The van der Waals surface area contributed by atoms with Crippen molar-refractivity contribution in [2.75, 3.05) is 31.1 Å². The van der Waals surface area contributed by atoms with Crippen LogP contribution in [0.25, 0.3) is 0 Å². The molecule has 0 saturated heterocycles. The standard InChI is InChI=1S/C44H51ClN6O4/c1-2-3-4-5-6-14-26-51(39-20-13-12-19-37(39)45)40(52)30-50-29-33-21-22-34(28-38(33)48-44(50)49-43(54)32-16-8-7-9-17-32)55-27-24-36(42(46)53)41-35-18-11-10-15-31(35)23-25-47-41/h7-13,15-22,28,36,41,47H,2-6,14,23-27,29-30H2,1H3,(H2,46,53)(H,48,49,54). The van der Waals surface area contributed by atoms with Crippen molar-refractivity contribution in [3.8, 4) is 5.75 Å². The van der Waals surface area contributed by atoms with E-state index in [-0.39, 0.29) is 42.9 Å². The number of para-hydroxylation sites is 1. The fraction of sp³-hybridized carbons (Fsp3) is 0.364. The van der Waals surface area contributed by atoms with Crippen molar-refractivity contribution in [1.82, 2.24) is 15.5 Å². The van der Waals surface area contributed by atoms with E-state index in [0.29, 0.717) is 47.2 Å². The molecule has 2 heterocycles. The number of anilines is 1.